The van der Waals surface area contributed by atoms with E-state index >= 15 is 0 Å². The van der Waals surface area contributed by atoms with Crippen molar-refractivity contribution in [3.63, 3.8) is 0 Å². The molecule has 31 heavy (non-hydrogen) atoms. The molecule has 3 atom stereocenters. The highest BCUT2D eigenvalue weighted by Crippen LogP contribution is 2.39. The van der Waals surface area contributed by atoms with E-state index in [0.717, 1.165) is 42.9 Å². The Labute approximate surface area is 179 Å². The van der Waals surface area contributed by atoms with Gasteiger partial charge in [0.15, 0.2) is 5.82 Å². The summed E-state index contributed by atoms with van der Waals surface area (Å²) in [4.78, 5) is 2.13. The lowest BCUT2D eigenvalue weighted by molar-refractivity contribution is -0.137. The van der Waals surface area contributed by atoms with Gasteiger partial charge < -0.3 is 20.4 Å². The predicted molar refractivity (Wildman–Crippen MR) is 111 cm³/mol. The summed E-state index contributed by atoms with van der Waals surface area (Å²) in [6.07, 6.45) is -1.31. The minimum Gasteiger partial charge on any atom is -0.507 e. The lowest BCUT2D eigenvalue weighted by Crippen LogP contribution is -2.49. The molecule has 2 aliphatic rings. The smallest absolute Gasteiger partial charge is 0.416 e. The number of benzene rings is 1. The molecule has 1 aliphatic carbocycles. The number of nitrogens with zero attached hydrogens (tertiary/aromatic N) is 3. The summed E-state index contributed by atoms with van der Waals surface area (Å²) < 4.78 is 38.9. The van der Waals surface area contributed by atoms with Crippen LogP contribution >= 0.6 is 0 Å². The van der Waals surface area contributed by atoms with E-state index in [9.17, 15) is 23.4 Å². The molecule has 2 heterocycles. The van der Waals surface area contributed by atoms with Crippen LogP contribution in [0.2, 0.25) is 0 Å². The van der Waals surface area contributed by atoms with Crippen LogP contribution in [-0.4, -0.2) is 45.1 Å². The second-order valence-electron chi connectivity index (χ2n) is 8.56. The highest BCUT2D eigenvalue weighted by atomic mass is 19.4. The van der Waals surface area contributed by atoms with Crippen LogP contribution in [0.25, 0.3) is 11.3 Å². The van der Waals surface area contributed by atoms with Crippen molar-refractivity contribution in [2.75, 3.05) is 11.4 Å². The van der Waals surface area contributed by atoms with Crippen molar-refractivity contribution in [3.05, 3.63) is 34.9 Å². The van der Waals surface area contributed by atoms with Gasteiger partial charge in [-0.2, -0.15) is 13.2 Å². The van der Waals surface area contributed by atoms with Gasteiger partial charge in [0.25, 0.3) is 0 Å². The number of aliphatic hydroxyl groups is 1. The van der Waals surface area contributed by atoms with E-state index in [1.54, 1.807) is 0 Å². The van der Waals surface area contributed by atoms with Crippen LogP contribution in [0.1, 0.15) is 49.3 Å². The van der Waals surface area contributed by atoms with Crippen LogP contribution in [-0.2, 0) is 12.7 Å². The average molecular weight is 436 g/mol. The normalized spacial score (nSPS) is 24.6. The number of nitrogens with one attached hydrogen (secondary N) is 1. The van der Waals surface area contributed by atoms with Gasteiger partial charge >= 0.3 is 6.18 Å². The molecule has 0 bridgehead atoms. The fourth-order valence-electron chi connectivity index (χ4n) is 4.62. The molecule has 1 aliphatic heterocycles. The molecule has 3 N–H and O–H groups in total. The number of aromatic nitrogens is 2. The summed E-state index contributed by atoms with van der Waals surface area (Å²) in [5.74, 6) is 0.206. The van der Waals surface area contributed by atoms with Gasteiger partial charge in [-0.1, -0.05) is 12.8 Å². The van der Waals surface area contributed by atoms with Crippen molar-refractivity contribution < 1.29 is 23.4 Å². The number of hydrogen-bond donors (Lipinski definition) is 3. The average Bonchev–Trinajstić information content (AvgIpc) is 2.88. The fourth-order valence-corrected chi connectivity index (χ4v) is 4.62. The summed E-state index contributed by atoms with van der Waals surface area (Å²) in [7, 11) is 0. The molecule has 168 valence electrons. The van der Waals surface area contributed by atoms with Gasteiger partial charge in [0, 0.05) is 30.3 Å². The van der Waals surface area contributed by atoms with Gasteiger partial charge in [0.1, 0.15) is 11.4 Å². The minimum atomic E-state index is -4.54. The molecule has 0 amide bonds. The Hall–Kier alpha value is -2.39. The van der Waals surface area contributed by atoms with Crippen LogP contribution in [0.15, 0.2) is 18.2 Å². The van der Waals surface area contributed by atoms with E-state index in [1.807, 2.05) is 6.92 Å². The highest BCUT2D eigenvalue weighted by molar-refractivity contribution is 5.72. The topological polar surface area (TPSA) is 81.5 Å². The Morgan fingerprint density at radius 2 is 1.90 bits per heavy atom. The maximum absolute atomic E-state index is 13.0. The Morgan fingerprint density at radius 3 is 2.58 bits per heavy atom. The number of alkyl halides is 3. The summed E-state index contributed by atoms with van der Waals surface area (Å²) >= 11 is 0. The molecular formula is C22H27F3N4O2. The van der Waals surface area contributed by atoms with E-state index < -0.39 is 23.6 Å². The van der Waals surface area contributed by atoms with Gasteiger partial charge in [0.05, 0.1) is 17.7 Å². The van der Waals surface area contributed by atoms with E-state index in [2.05, 4.69) is 27.3 Å². The Kier molecular flexibility index (Phi) is 5.83. The Balaban J connectivity index is 1.77. The summed E-state index contributed by atoms with van der Waals surface area (Å²) in [6.45, 7) is 5.10. The molecule has 1 aromatic carbocycles. The van der Waals surface area contributed by atoms with E-state index in [-0.39, 0.29) is 17.6 Å². The summed E-state index contributed by atoms with van der Waals surface area (Å²) in [6, 6.07) is 3.00. The van der Waals surface area contributed by atoms with Crippen LogP contribution in [0.5, 0.6) is 5.75 Å². The van der Waals surface area contributed by atoms with E-state index in [4.69, 9.17) is 0 Å². The first-order valence-electron chi connectivity index (χ1n) is 10.6. The van der Waals surface area contributed by atoms with Crippen molar-refractivity contribution in [2.24, 2.45) is 0 Å². The maximum Gasteiger partial charge on any atom is 0.416 e. The third-order valence-corrected chi connectivity index (χ3v) is 6.37. The van der Waals surface area contributed by atoms with Gasteiger partial charge in [0.2, 0.25) is 0 Å². The van der Waals surface area contributed by atoms with Gasteiger partial charge in [-0.25, -0.2) is 0 Å². The molecule has 0 saturated heterocycles. The fraction of sp³-hybridized carbons (Fsp3) is 0.545. The monoisotopic (exact) mass is 436 g/mol. The molecular weight excluding hydrogens is 409 g/mol. The van der Waals surface area contributed by atoms with Crippen molar-refractivity contribution in [1.82, 2.24) is 15.5 Å². The molecule has 1 saturated carbocycles. The lowest BCUT2D eigenvalue weighted by atomic mass is 9.90. The van der Waals surface area contributed by atoms with Crippen molar-refractivity contribution >= 4 is 5.82 Å². The molecule has 0 unspecified atom stereocenters. The number of phenolic OH excluding ortho intramolecular Hbond substituents is 1. The molecule has 1 aromatic heterocycles. The third kappa shape index (κ3) is 4.21. The van der Waals surface area contributed by atoms with Crippen LogP contribution < -0.4 is 10.2 Å². The third-order valence-electron chi connectivity index (χ3n) is 6.37. The Morgan fingerprint density at radius 1 is 1.16 bits per heavy atom. The summed E-state index contributed by atoms with van der Waals surface area (Å²) in [5, 5.41) is 33.1. The first-order chi connectivity index (χ1) is 14.7. The number of aromatic hydroxyl groups is 1. The van der Waals surface area contributed by atoms with Crippen LogP contribution in [0.3, 0.4) is 0 Å². The lowest BCUT2D eigenvalue weighted by Gasteiger charge is -2.39. The molecule has 0 spiro atoms. The number of rotatable bonds is 2. The van der Waals surface area contributed by atoms with Gasteiger partial charge in [-0.3, -0.25) is 0 Å². The van der Waals surface area contributed by atoms with E-state index in [0.29, 0.717) is 30.7 Å². The van der Waals surface area contributed by atoms with Crippen molar-refractivity contribution in [2.45, 2.75) is 70.4 Å². The van der Waals surface area contributed by atoms with E-state index in [1.165, 1.54) is 6.07 Å². The first kappa shape index (κ1) is 21.8. The second-order valence-corrected chi connectivity index (χ2v) is 8.56. The van der Waals surface area contributed by atoms with Crippen molar-refractivity contribution in [1.29, 1.82) is 0 Å². The molecule has 2 aromatic rings. The summed E-state index contributed by atoms with van der Waals surface area (Å²) in [5.41, 5.74) is 1.28. The van der Waals surface area contributed by atoms with Gasteiger partial charge in [-0.05, 0) is 50.5 Å². The Bertz CT molecular complexity index is 967. The largest absolute Gasteiger partial charge is 0.507 e. The zero-order chi connectivity index (χ0) is 22.3. The molecule has 4 rings (SSSR count). The number of anilines is 1. The molecule has 9 heteroatoms. The second kappa shape index (κ2) is 8.27. The molecule has 0 radical (unpaired) electrons. The number of aliphatic hydroxyl groups excluding tert-OH is 1. The quantitative estimate of drug-likeness (QED) is 0.665. The number of halogens is 3. The van der Waals surface area contributed by atoms with Crippen LogP contribution in [0.4, 0.5) is 19.0 Å². The highest BCUT2D eigenvalue weighted by Gasteiger charge is 2.35. The van der Waals surface area contributed by atoms with Gasteiger partial charge in [-0.15, -0.1) is 10.2 Å². The van der Waals surface area contributed by atoms with Crippen LogP contribution in [0, 0.1) is 6.92 Å². The zero-order valence-electron chi connectivity index (χ0n) is 17.6. The zero-order valence-corrected chi connectivity index (χ0v) is 17.6. The molecule has 1 fully saturated rings. The predicted octanol–water partition coefficient (Wildman–Crippen LogP) is 3.78. The number of hydrogen-bond acceptors (Lipinski definition) is 6. The first-order valence-corrected chi connectivity index (χ1v) is 10.6. The SMILES string of the molecule is Cc1c(-c2ccc(C(F)(F)F)cc2O)nnc2c1CN[C@H](C)CN2[C@@H]1CCCC[C@H]1O. The number of phenols is 1. The minimum absolute atomic E-state index is 0.0473. The standard InChI is InChI=1S/C22H27F3N4O2/c1-12-11-29(17-5-3-4-6-18(17)30)21-16(10-26-12)13(2)20(27-28-21)15-8-7-14(9-19(15)31)22(23,24)25/h7-9,12,17-18,26,30-31H,3-6,10-11H2,1-2H3/t12-,17-,18-/m1/s1. The number of fused-ring (bicyclic) bond motifs is 1. The molecule has 6 nitrogen and oxygen atoms in total. The van der Waals surface area contributed by atoms with Crippen molar-refractivity contribution in [3.8, 4) is 17.0 Å². The maximum atomic E-state index is 13.0.